The van der Waals surface area contributed by atoms with E-state index in [1.54, 1.807) is 0 Å². The number of hydrogen-bond acceptors (Lipinski definition) is 4. The highest BCUT2D eigenvalue weighted by Crippen LogP contribution is 2.57. The molecule has 0 saturated carbocycles. The van der Waals surface area contributed by atoms with E-state index in [1.165, 1.54) is 98.0 Å². The van der Waals surface area contributed by atoms with Crippen molar-refractivity contribution in [2.24, 2.45) is 0 Å². The lowest BCUT2D eigenvalue weighted by molar-refractivity contribution is 0.242. The van der Waals surface area contributed by atoms with E-state index in [-0.39, 0.29) is 12.2 Å². The molecule has 0 saturated heterocycles. The van der Waals surface area contributed by atoms with Crippen molar-refractivity contribution in [3.05, 3.63) is 230 Å². The molecule has 74 heavy (non-hydrogen) atoms. The third-order valence-electron chi connectivity index (χ3n) is 14.7. The molecule has 0 aromatic heterocycles. The predicted octanol–water partition coefficient (Wildman–Crippen LogP) is 19.9. The number of anilines is 6. The first-order valence-corrected chi connectivity index (χ1v) is 25.9. The maximum absolute atomic E-state index is 6.15. The first-order valence-electron chi connectivity index (χ1n) is 25.9. The molecular formula is C70H56N2O2. The van der Waals surface area contributed by atoms with Crippen molar-refractivity contribution in [1.29, 1.82) is 0 Å². The van der Waals surface area contributed by atoms with Gasteiger partial charge in [0.1, 0.15) is 11.5 Å². The fraction of sp³-hybridized carbons (Fsp3) is 0.114. The van der Waals surface area contributed by atoms with Crippen LogP contribution in [-0.4, -0.2) is 12.2 Å². The second-order valence-electron chi connectivity index (χ2n) is 20.4. The molecule has 0 amide bonds. The zero-order valence-corrected chi connectivity index (χ0v) is 42.7. The Hall–Kier alpha value is -8.86. The smallest absolute Gasteiger partial charge is 0.119 e. The molecule has 0 aliphatic carbocycles. The lowest BCUT2D eigenvalue weighted by Crippen LogP contribution is -2.11. The fourth-order valence-corrected chi connectivity index (χ4v) is 11.8. The molecule has 0 bridgehead atoms. The SMILES string of the molecule is Cc1ccc(N(c2ccc(C)cc2)c2ccc3c4c(-c5ccccc5)c5c6ccc(N(c7ccc(OC(C)C)cc7)c7ccc(OC(C)C)cc7)c7cccc(c5c(-c5ccccc5)c4c4cccc2c43)c76)cc1. The van der Waals surface area contributed by atoms with Gasteiger partial charge in [0, 0.05) is 33.5 Å². The van der Waals surface area contributed by atoms with Gasteiger partial charge < -0.3 is 19.3 Å². The summed E-state index contributed by atoms with van der Waals surface area (Å²) >= 11 is 0. The summed E-state index contributed by atoms with van der Waals surface area (Å²) in [5, 5.41) is 15.0. The highest BCUT2D eigenvalue weighted by Gasteiger charge is 2.30. The molecule has 0 radical (unpaired) electrons. The molecule has 358 valence electrons. The number of rotatable bonds is 12. The summed E-state index contributed by atoms with van der Waals surface area (Å²) in [5.74, 6) is 1.69. The molecule has 13 aromatic rings. The fourth-order valence-electron chi connectivity index (χ4n) is 11.8. The second kappa shape index (κ2) is 18.0. The van der Waals surface area contributed by atoms with Crippen LogP contribution in [0.2, 0.25) is 0 Å². The molecule has 0 aliphatic heterocycles. The van der Waals surface area contributed by atoms with E-state index in [2.05, 4.69) is 270 Å². The Morgan fingerprint density at radius 3 is 0.932 bits per heavy atom. The van der Waals surface area contributed by atoms with Crippen molar-refractivity contribution in [1.82, 2.24) is 0 Å². The first kappa shape index (κ1) is 45.0. The van der Waals surface area contributed by atoms with Gasteiger partial charge in [-0.2, -0.15) is 0 Å². The van der Waals surface area contributed by atoms with Crippen molar-refractivity contribution in [2.45, 2.75) is 53.8 Å². The summed E-state index contributed by atoms with van der Waals surface area (Å²) in [5.41, 5.74) is 14.0. The van der Waals surface area contributed by atoms with Crippen LogP contribution in [0.3, 0.4) is 0 Å². The molecule has 4 heteroatoms. The molecule has 0 fully saturated rings. The Kier molecular flexibility index (Phi) is 11.0. The molecule has 0 atom stereocenters. The minimum atomic E-state index is 0.0731. The Labute approximate surface area is 432 Å². The van der Waals surface area contributed by atoms with Gasteiger partial charge in [0.15, 0.2) is 0 Å². The lowest BCUT2D eigenvalue weighted by Gasteiger charge is -2.27. The quantitative estimate of drug-likeness (QED) is 0.122. The molecule has 13 rings (SSSR count). The van der Waals surface area contributed by atoms with Crippen LogP contribution in [-0.2, 0) is 0 Å². The zero-order valence-electron chi connectivity index (χ0n) is 42.7. The van der Waals surface area contributed by atoms with Crippen molar-refractivity contribution < 1.29 is 9.47 Å². The van der Waals surface area contributed by atoms with Crippen LogP contribution in [0.15, 0.2) is 218 Å². The molecule has 4 nitrogen and oxygen atoms in total. The van der Waals surface area contributed by atoms with Crippen molar-refractivity contribution in [3.63, 3.8) is 0 Å². The van der Waals surface area contributed by atoms with Crippen LogP contribution in [0, 0.1) is 13.8 Å². The number of ether oxygens (including phenoxy) is 2. The van der Waals surface area contributed by atoms with Crippen LogP contribution in [0.1, 0.15) is 38.8 Å². The van der Waals surface area contributed by atoms with E-state index in [0.717, 1.165) is 45.6 Å². The van der Waals surface area contributed by atoms with Gasteiger partial charge in [0.2, 0.25) is 0 Å². The number of fused-ring (bicyclic) bond motifs is 6. The molecule has 0 spiro atoms. The minimum Gasteiger partial charge on any atom is -0.491 e. The van der Waals surface area contributed by atoms with Gasteiger partial charge >= 0.3 is 0 Å². The third-order valence-corrected chi connectivity index (χ3v) is 14.7. The molecule has 13 aromatic carbocycles. The van der Waals surface area contributed by atoms with Gasteiger partial charge in [-0.3, -0.25) is 0 Å². The summed E-state index contributed by atoms with van der Waals surface area (Å²) in [4.78, 5) is 4.81. The second-order valence-corrected chi connectivity index (χ2v) is 20.4. The van der Waals surface area contributed by atoms with Gasteiger partial charge in [-0.1, -0.05) is 145 Å². The zero-order chi connectivity index (χ0) is 50.2. The van der Waals surface area contributed by atoms with Gasteiger partial charge in [-0.05, 0) is 203 Å². The maximum Gasteiger partial charge on any atom is 0.119 e. The highest BCUT2D eigenvalue weighted by atomic mass is 16.5. The van der Waals surface area contributed by atoms with Gasteiger partial charge in [0.05, 0.1) is 23.6 Å². The van der Waals surface area contributed by atoms with Crippen LogP contribution in [0.5, 0.6) is 11.5 Å². The first-order chi connectivity index (χ1) is 36.2. The Balaban J connectivity index is 1.14. The van der Waals surface area contributed by atoms with Crippen molar-refractivity contribution in [3.8, 4) is 33.8 Å². The highest BCUT2D eigenvalue weighted by molar-refractivity contribution is 6.47. The van der Waals surface area contributed by atoms with Gasteiger partial charge in [-0.15, -0.1) is 0 Å². The number of benzene rings is 11. The van der Waals surface area contributed by atoms with Crippen LogP contribution < -0.4 is 19.3 Å². The summed E-state index contributed by atoms with van der Waals surface area (Å²) in [7, 11) is 0. The van der Waals surface area contributed by atoms with E-state index in [1.807, 2.05) is 0 Å². The average Bonchev–Trinajstić information content (AvgIpc) is 3.94. The third kappa shape index (κ3) is 7.43. The van der Waals surface area contributed by atoms with Crippen molar-refractivity contribution in [2.75, 3.05) is 9.80 Å². The molecule has 0 aliphatic rings. The maximum atomic E-state index is 6.15. The predicted molar refractivity (Wildman–Crippen MR) is 315 cm³/mol. The Morgan fingerprint density at radius 1 is 0.284 bits per heavy atom. The van der Waals surface area contributed by atoms with E-state index < -0.39 is 0 Å². The number of hydrogen-bond donors (Lipinski definition) is 0. The summed E-state index contributed by atoms with van der Waals surface area (Å²) in [6, 6.07) is 80.5. The topological polar surface area (TPSA) is 24.9 Å². The lowest BCUT2D eigenvalue weighted by atomic mass is 9.87. The van der Waals surface area contributed by atoms with Gasteiger partial charge in [0.25, 0.3) is 0 Å². The summed E-state index contributed by atoms with van der Waals surface area (Å²) in [6.45, 7) is 12.6. The molecule has 0 unspecified atom stereocenters. The summed E-state index contributed by atoms with van der Waals surface area (Å²) < 4.78 is 12.3. The normalized spacial score (nSPS) is 11.9. The van der Waals surface area contributed by atoms with E-state index in [4.69, 9.17) is 9.47 Å². The molecular weight excluding hydrogens is 901 g/mol. The monoisotopic (exact) mass is 956 g/mol. The average molecular weight is 957 g/mol. The molecule has 0 N–H and O–H groups in total. The van der Waals surface area contributed by atoms with Crippen molar-refractivity contribution >= 4 is 98.8 Å². The summed E-state index contributed by atoms with van der Waals surface area (Å²) in [6.07, 6.45) is 0.146. The van der Waals surface area contributed by atoms with Crippen LogP contribution >= 0.6 is 0 Å². The van der Waals surface area contributed by atoms with Gasteiger partial charge in [-0.25, -0.2) is 0 Å². The van der Waals surface area contributed by atoms with E-state index >= 15 is 0 Å². The van der Waals surface area contributed by atoms with Crippen LogP contribution in [0.4, 0.5) is 34.1 Å². The minimum absolute atomic E-state index is 0.0731. The Morgan fingerprint density at radius 2 is 0.595 bits per heavy atom. The van der Waals surface area contributed by atoms with E-state index in [0.29, 0.717) is 0 Å². The standard InChI is InChI=1S/C70H56N2O2/c1-43(2)73-53-35-31-51(32-36-53)72(52-33-37-54(38-34-52)74-44(3)4)62-42-40-60-66-56(62)20-14-22-58(66)68-63(47-15-9-7-10-16-47)67-57-21-13-19-55-61(71(49-27-23-45(5)24-28-49)50-29-25-46(6)26-30-50)41-39-59(65(55)57)69(67)64(70(60)68)48-17-11-8-12-18-48/h7-44H,1-6H3. The van der Waals surface area contributed by atoms with E-state index in [9.17, 15) is 0 Å². The number of nitrogens with zero attached hydrogens (tertiary/aromatic N) is 2. The molecule has 0 heterocycles. The van der Waals surface area contributed by atoms with Crippen LogP contribution in [0.25, 0.3) is 86.9 Å². The Bertz CT molecular complexity index is 3970. The number of aryl methyl sites for hydroxylation is 2. The largest absolute Gasteiger partial charge is 0.491 e.